The van der Waals surface area contributed by atoms with Crippen molar-refractivity contribution >= 4 is 31.7 Å². The van der Waals surface area contributed by atoms with Crippen molar-refractivity contribution in [2.45, 2.75) is 23.9 Å². The van der Waals surface area contributed by atoms with Crippen molar-refractivity contribution in [1.82, 2.24) is 5.32 Å². The molecule has 0 aliphatic heterocycles. The van der Waals surface area contributed by atoms with Crippen molar-refractivity contribution in [3.05, 3.63) is 35.4 Å². The Labute approximate surface area is 122 Å². The quantitative estimate of drug-likeness (QED) is 0.830. The lowest BCUT2D eigenvalue weighted by Gasteiger charge is -2.22. The molecule has 0 unspecified atom stereocenters. The van der Waals surface area contributed by atoms with Crippen molar-refractivity contribution in [2.24, 2.45) is 0 Å². The molecular weight excluding hydrogens is 330 g/mol. The molecule has 0 saturated carbocycles. The molecule has 0 spiro atoms. The van der Waals surface area contributed by atoms with E-state index in [0.29, 0.717) is 5.56 Å². The van der Waals surface area contributed by atoms with Crippen LogP contribution in [-0.4, -0.2) is 31.9 Å². The Morgan fingerprint density at radius 3 is 2.21 bits per heavy atom. The molecule has 6 heteroatoms. The summed E-state index contributed by atoms with van der Waals surface area (Å²) in [7, 11) is -3.21. The van der Waals surface area contributed by atoms with E-state index in [1.54, 1.807) is 26.0 Å². The molecule has 0 aromatic heterocycles. The molecule has 0 heterocycles. The number of amides is 1. The number of halogens is 1. The molecule has 0 aliphatic rings. The summed E-state index contributed by atoms with van der Waals surface area (Å²) in [6, 6.07) is 7.15. The van der Waals surface area contributed by atoms with Crippen molar-refractivity contribution in [3.63, 3.8) is 0 Å². The largest absolute Gasteiger partial charge is 0.350 e. The summed E-state index contributed by atoms with van der Waals surface area (Å²) in [6.45, 7) is 3.28. The lowest BCUT2D eigenvalue weighted by molar-refractivity contribution is 0.0950. The normalized spacial score (nSPS) is 12.2. The molecule has 0 aliphatic carbocycles. The third kappa shape index (κ3) is 4.31. The number of carbonyl (C=O) groups excluding carboxylic acids is 1. The topological polar surface area (TPSA) is 63.2 Å². The van der Waals surface area contributed by atoms with Crippen LogP contribution in [-0.2, 0) is 15.2 Å². The predicted octanol–water partition coefficient (Wildman–Crippen LogP) is 2.13. The summed E-state index contributed by atoms with van der Waals surface area (Å²) in [5.74, 6) is -0.266. The molecular formula is C13H18BrNO3S. The van der Waals surface area contributed by atoms with Gasteiger partial charge in [0.2, 0.25) is 0 Å². The number of hydrogen-bond acceptors (Lipinski definition) is 3. The van der Waals surface area contributed by atoms with Gasteiger partial charge in [-0.15, -0.1) is 0 Å². The lowest BCUT2D eigenvalue weighted by Crippen LogP contribution is -2.43. The summed E-state index contributed by atoms with van der Waals surface area (Å²) in [6.07, 6.45) is 1.17. The van der Waals surface area contributed by atoms with Crippen LogP contribution < -0.4 is 5.32 Å². The van der Waals surface area contributed by atoms with E-state index in [0.717, 1.165) is 10.9 Å². The van der Waals surface area contributed by atoms with Crippen LogP contribution in [0.25, 0.3) is 0 Å². The van der Waals surface area contributed by atoms with E-state index < -0.39 is 14.6 Å². The van der Waals surface area contributed by atoms with Gasteiger partial charge in [-0.25, -0.2) is 8.42 Å². The van der Waals surface area contributed by atoms with Gasteiger partial charge in [0.25, 0.3) is 5.91 Å². The highest BCUT2D eigenvalue weighted by atomic mass is 79.9. The summed E-state index contributed by atoms with van der Waals surface area (Å²) in [5, 5.41) is 3.39. The monoisotopic (exact) mass is 347 g/mol. The van der Waals surface area contributed by atoms with Crippen LogP contribution in [0.15, 0.2) is 24.3 Å². The third-order valence-corrected chi connectivity index (χ3v) is 5.85. The van der Waals surface area contributed by atoms with E-state index in [2.05, 4.69) is 21.2 Å². The summed E-state index contributed by atoms with van der Waals surface area (Å²) in [4.78, 5) is 11.9. The molecule has 1 aromatic carbocycles. The first-order valence-electron chi connectivity index (χ1n) is 5.80. The fourth-order valence-electron chi connectivity index (χ4n) is 1.27. The van der Waals surface area contributed by atoms with Crippen LogP contribution in [0, 0.1) is 0 Å². The van der Waals surface area contributed by atoms with Gasteiger partial charge in [-0.05, 0) is 31.5 Å². The van der Waals surface area contributed by atoms with Crippen LogP contribution in [0.4, 0.5) is 0 Å². The minimum Gasteiger partial charge on any atom is -0.350 e. The van der Waals surface area contributed by atoms with Gasteiger partial charge in [0.05, 0.1) is 4.75 Å². The molecule has 0 radical (unpaired) electrons. The molecule has 0 bridgehead atoms. The third-order valence-electron chi connectivity index (χ3n) is 3.05. The number of hydrogen-bond donors (Lipinski definition) is 1. The van der Waals surface area contributed by atoms with Crippen LogP contribution in [0.5, 0.6) is 0 Å². The van der Waals surface area contributed by atoms with Crippen molar-refractivity contribution in [3.8, 4) is 0 Å². The lowest BCUT2D eigenvalue weighted by atomic mass is 10.1. The molecule has 1 amide bonds. The Balaban J connectivity index is 2.70. The number of carbonyl (C=O) groups is 1. The maximum absolute atomic E-state index is 11.9. The molecule has 19 heavy (non-hydrogen) atoms. The van der Waals surface area contributed by atoms with Crippen molar-refractivity contribution in [1.29, 1.82) is 0 Å². The van der Waals surface area contributed by atoms with E-state index in [4.69, 9.17) is 0 Å². The van der Waals surface area contributed by atoms with Gasteiger partial charge in [0.1, 0.15) is 0 Å². The Morgan fingerprint density at radius 2 is 1.79 bits per heavy atom. The van der Waals surface area contributed by atoms with E-state index in [9.17, 15) is 13.2 Å². The number of rotatable bonds is 5. The number of alkyl halides is 1. The van der Waals surface area contributed by atoms with Gasteiger partial charge in [0, 0.05) is 23.7 Å². The van der Waals surface area contributed by atoms with Gasteiger partial charge in [0.15, 0.2) is 9.84 Å². The molecule has 1 rings (SSSR count). The first kappa shape index (κ1) is 16.2. The van der Waals surface area contributed by atoms with E-state index in [1.165, 1.54) is 6.26 Å². The van der Waals surface area contributed by atoms with Crippen LogP contribution >= 0.6 is 15.9 Å². The zero-order chi connectivity index (χ0) is 14.7. The maximum Gasteiger partial charge on any atom is 0.251 e. The van der Waals surface area contributed by atoms with Gasteiger partial charge < -0.3 is 5.32 Å². The van der Waals surface area contributed by atoms with Crippen molar-refractivity contribution in [2.75, 3.05) is 12.8 Å². The molecule has 1 aromatic rings. The van der Waals surface area contributed by atoms with Gasteiger partial charge >= 0.3 is 0 Å². The Kier molecular flexibility index (Phi) is 5.15. The number of sulfone groups is 1. The zero-order valence-electron chi connectivity index (χ0n) is 11.2. The molecule has 0 atom stereocenters. The zero-order valence-corrected chi connectivity index (χ0v) is 13.6. The highest BCUT2D eigenvalue weighted by Crippen LogP contribution is 2.14. The van der Waals surface area contributed by atoms with Gasteiger partial charge in [-0.2, -0.15) is 0 Å². The molecule has 1 N–H and O–H groups in total. The first-order chi connectivity index (χ1) is 8.67. The van der Waals surface area contributed by atoms with Crippen LogP contribution in [0.3, 0.4) is 0 Å². The second-order valence-electron chi connectivity index (χ2n) is 5.05. The van der Waals surface area contributed by atoms with Crippen LogP contribution in [0.2, 0.25) is 0 Å². The SMILES string of the molecule is CC(C)(CNC(=O)c1ccc(CBr)cc1)S(C)(=O)=O. The first-order valence-corrected chi connectivity index (χ1v) is 8.81. The smallest absolute Gasteiger partial charge is 0.251 e. The summed E-state index contributed by atoms with van der Waals surface area (Å²) in [5.41, 5.74) is 1.60. The fourth-order valence-corrected chi connectivity index (χ4v) is 1.98. The molecule has 4 nitrogen and oxygen atoms in total. The Morgan fingerprint density at radius 1 is 1.26 bits per heavy atom. The van der Waals surface area contributed by atoms with Gasteiger partial charge in [-0.3, -0.25) is 4.79 Å². The number of nitrogens with one attached hydrogen (secondary N) is 1. The average Bonchev–Trinajstić information content (AvgIpc) is 2.35. The number of benzene rings is 1. The molecule has 0 fully saturated rings. The fraction of sp³-hybridized carbons (Fsp3) is 0.462. The molecule has 106 valence electrons. The Bertz CT molecular complexity index is 550. The van der Waals surface area contributed by atoms with Crippen molar-refractivity contribution < 1.29 is 13.2 Å². The standard InChI is InChI=1S/C13H18BrNO3S/c1-13(2,19(3,17)18)9-15-12(16)11-6-4-10(8-14)5-7-11/h4-7H,8-9H2,1-3H3,(H,15,16). The van der Waals surface area contributed by atoms with E-state index in [1.807, 2.05) is 12.1 Å². The summed E-state index contributed by atoms with van der Waals surface area (Å²) < 4.78 is 22.1. The van der Waals surface area contributed by atoms with Crippen LogP contribution in [0.1, 0.15) is 29.8 Å². The maximum atomic E-state index is 11.9. The van der Waals surface area contributed by atoms with E-state index in [-0.39, 0.29) is 12.5 Å². The highest BCUT2D eigenvalue weighted by molar-refractivity contribution is 9.08. The highest BCUT2D eigenvalue weighted by Gasteiger charge is 2.30. The minimum atomic E-state index is -3.21. The average molecular weight is 348 g/mol. The van der Waals surface area contributed by atoms with E-state index >= 15 is 0 Å². The molecule has 0 saturated heterocycles. The summed E-state index contributed by atoms with van der Waals surface area (Å²) >= 11 is 3.33. The predicted molar refractivity (Wildman–Crippen MR) is 80.3 cm³/mol. The van der Waals surface area contributed by atoms with Gasteiger partial charge in [-0.1, -0.05) is 28.1 Å². The minimum absolute atomic E-state index is 0.0882. The Hall–Kier alpha value is -0.880. The second-order valence-corrected chi connectivity index (χ2v) is 8.26. The second kappa shape index (κ2) is 6.05.